The highest BCUT2D eigenvalue weighted by Gasteiger charge is 2.35. The van der Waals surface area contributed by atoms with Gasteiger partial charge in [-0.2, -0.15) is 0 Å². The Morgan fingerprint density at radius 3 is 2.42 bits per heavy atom. The summed E-state index contributed by atoms with van der Waals surface area (Å²) in [5.41, 5.74) is -0.0788. The molecule has 0 aliphatic carbocycles. The standard InChI is InChI=1S/C18H37N3O2.HI/c1-8-19-16(21-13-18(5,6)22-7)20-12-14-10-9-11-23-15(14)17(2,3)4;/h14-15H,8-13H2,1-7H3,(H2,19,20,21);1H. The first-order valence-corrected chi connectivity index (χ1v) is 8.88. The zero-order valence-electron chi connectivity index (χ0n) is 16.6. The first-order chi connectivity index (χ1) is 10.7. The molecule has 0 aromatic carbocycles. The molecule has 0 saturated carbocycles. The van der Waals surface area contributed by atoms with E-state index in [0.717, 1.165) is 32.1 Å². The number of hydrogen-bond donors (Lipinski definition) is 2. The molecule has 24 heavy (non-hydrogen) atoms. The van der Waals surface area contributed by atoms with Crippen molar-refractivity contribution in [3.05, 3.63) is 0 Å². The van der Waals surface area contributed by atoms with Gasteiger partial charge < -0.3 is 20.1 Å². The third-order valence-electron chi connectivity index (χ3n) is 4.34. The van der Waals surface area contributed by atoms with Gasteiger partial charge in [-0.1, -0.05) is 20.8 Å². The second kappa shape index (κ2) is 10.8. The van der Waals surface area contributed by atoms with Gasteiger partial charge in [0.25, 0.3) is 0 Å². The molecule has 1 saturated heterocycles. The van der Waals surface area contributed by atoms with Crippen LogP contribution in [-0.4, -0.2) is 51.0 Å². The Morgan fingerprint density at radius 2 is 1.88 bits per heavy atom. The minimum Gasteiger partial charge on any atom is -0.377 e. The molecule has 1 heterocycles. The molecule has 1 aliphatic heterocycles. The number of aliphatic imine (C=N–C) groups is 1. The largest absolute Gasteiger partial charge is 0.377 e. The number of rotatable bonds is 6. The SMILES string of the molecule is CCNC(=NCC(C)(C)OC)NCC1CCCOC1C(C)(C)C.I. The molecule has 0 aromatic rings. The fourth-order valence-corrected chi connectivity index (χ4v) is 2.91. The molecule has 1 fully saturated rings. The van der Waals surface area contributed by atoms with Gasteiger partial charge in [0.15, 0.2) is 5.96 Å². The van der Waals surface area contributed by atoms with Crippen LogP contribution in [0, 0.1) is 11.3 Å². The van der Waals surface area contributed by atoms with E-state index < -0.39 is 0 Å². The van der Waals surface area contributed by atoms with Gasteiger partial charge in [-0.25, -0.2) is 0 Å². The molecule has 0 spiro atoms. The maximum Gasteiger partial charge on any atom is 0.191 e. The molecule has 144 valence electrons. The Kier molecular flexibility index (Phi) is 10.8. The smallest absolute Gasteiger partial charge is 0.191 e. The van der Waals surface area contributed by atoms with Gasteiger partial charge in [-0.15, -0.1) is 24.0 Å². The number of hydrogen-bond acceptors (Lipinski definition) is 3. The van der Waals surface area contributed by atoms with E-state index in [1.807, 2.05) is 13.8 Å². The predicted octanol–water partition coefficient (Wildman–Crippen LogP) is 3.43. The number of nitrogens with one attached hydrogen (secondary N) is 2. The van der Waals surface area contributed by atoms with Crippen LogP contribution >= 0.6 is 24.0 Å². The lowest BCUT2D eigenvalue weighted by Crippen LogP contribution is -2.47. The zero-order valence-corrected chi connectivity index (χ0v) is 18.9. The summed E-state index contributed by atoms with van der Waals surface area (Å²) in [7, 11) is 1.73. The van der Waals surface area contributed by atoms with E-state index in [2.05, 4.69) is 43.3 Å². The number of halogens is 1. The Labute approximate surface area is 165 Å². The fraction of sp³-hybridized carbons (Fsp3) is 0.944. The van der Waals surface area contributed by atoms with Crippen molar-refractivity contribution in [2.75, 3.05) is 33.4 Å². The lowest BCUT2D eigenvalue weighted by atomic mass is 9.78. The monoisotopic (exact) mass is 455 g/mol. The molecule has 1 aliphatic rings. The van der Waals surface area contributed by atoms with Crippen molar-refractivity contribution in [2.24, 2.45) is 16.3 Å². The molecule has 0 aromatic heterocycles. The van der Waals surface area contributed by atoms with Gasteiger partial charge in [0, 0.05) is 32.7 Å². The van der Waals surface area contributed by atoms with Gasteiger partial charge in [0.05, 0.1) is 18.2 Å². The van der Waals surface area contributed by atoms with E-state index in [1.165, 1.54) is 6.42 Å². The summed E-state index contributed by atoms with van der Waals surface area (Å²) < 4.78 is 11.5. The topological polar surface area (TPSA) is 54.9 Å². The van der Waals surface area contributed by atoms with E-state index in [-0.39, 0.29) is 35.0 Å². The number of methoxy groups -OCH3 is 1. The summed E-state index contributed by atoms with van der Waals surface area (Å²) >= 11 is 0. The molecule has 0 bridgehead atoms. The van der Waals surface area contributed by atoms with Crippen molar-refractivity contribution in [1.29, 1.82) is 0 Å². The van der Waals surface area contributed by atoms with Crippen LogP contribution in [0.2, 0.25) is 0 Å². The predicted molar refractivity (Wildman–Crippen MR) is 112 cm³/mol. The van der Waals surface area contributed by atoms with Crippen molar-refractivity contribution in [3.8, 4) is 0 Å². The van der Waals surface area contributed by atoms with Gasteiger partial charge in [-0.05, 0) is 39.0 Å². The Bertz CT molecular complexity index is 381. The summed E-state index contributed by atoms with van der Waals surface area (Å²) in [6.45, 7) is 16.2. The zero-order chi connectivity index (χ0) is 17.5. The average Bonchev–Trinajstić information content (AvgIpc) is 2.49. The van der Waals surface area contributed by atoms with E-state index in [4.69, 9.17) is 9.47 Å². The van der Waals surface area contributed by atoms with E-state index >= 15 is 0 Å². The van der Waals surface area contributed by atoms with Crippen LogP contribution in [0.5, 0.6) is 0 Å². The summed E-state index contributed by atoms with van der Waals surface area (Å²) in [6, 6.07) is 0. The minimum atomic E-state index is -0.246. The third-order valence-corrected chi connectivity index (χ3v) is 4.34. The maximum absolute atomic E-state index is 6.06. The molecule has 2 N–H and O–H groups in total. The van der Waals surface area contributed by atoms with Crippen LogP contribution in [0.4, 0.5) is 0 Å². The molecule has 1 rings (SSSR count). The van der Waals surface area contributed by atoms with Gasteiger partial charge in [0.2, 0.25) is 0 Å². The molecule has 0 radical (unpaired) electrons. The number of guanidine groups is 1. The number of nitrogens with zero attached hydrogens (tertiary/aromatic N) is 1. The lowest BCUT2D eigenvalue weighted by Gasteiger charge is -2.40. The molecule has 0 amide bonds. The quantitative estimate of drug-likeness (QED) is 0.366. The highest BCUT2D eigenvalue weighted by atomic mass is 127. The van der Waals surface area contributed by atoms with E-state index in [1.54, 1.807) is 7.11 Å². The molecule has 6 heteroatoms. The van der Waals surface area contributed by atoms with Crippen molar-refractivity contribution >= 4 is 29.9 Å². The van der Waals surface area contributed by atoms with Crippen LogP contribution in [0.25, 0.3) is 0 Å². The lowest BCUT2D eigenvalue weighted by molar-refractivity contribution is -0.0835. The van der Waals surface area contributed by atoms with Gasteiger partial charge in [-0.3, -0.25) is 4.99 Å². The second-order valence-corrected chi connectivity index (χ2v) is 8.10. The Balaban J connectivity index is 0.00000529. The Hall–Kier alpha value is -0.0800. The maximum atomic E-state index is 6.06. The van der Waals surface area contributed by atoms with Crippen molar-refractivity contribution in [3.63, 3.8) is 0 Å². The van der Waals surface area contributed by atoms with Crippen molar-refractivity contribution in [2.45, 2.75) is 66.1 Å². The van der Waals surface area contributed by atoms with Crippen LogP contribution in [0.15, 0.2) is 4.99 Å². The van der Waals surface area contributed by atoms with Crippen LogP contribution in [-0.2, 0) is 9.47 Å². The summed E-state index contributed by atoms with van der Waals surface area (Å²) in [5.74, 6) is 1.37. The molecular formula is C18H38IN3O2. The minimum absolute atomic E-state index is 0. The molecule has 2 unspecified atom stereocenters. The van der Waals surface area contributed by atoms with E-state index in [0.29, 0.717) is 18.6 Å². The second-order valence-electron chi connectivity index (χ2n) is 8.10. The summed E-state index contributed by atoms with van der Waals surface area (Å²) in [6.07, 6.45) is 2.64. The van der Waals surface area contributed by atoms with Gasteiger partial charge >= 0.3 is 0 Å². The number of ether oxygens (including phenoxy) is 2. The van der Waals surface area contributed by atoms with Crippen LogP contribution in [0.1, 0.15) is 54.4 Å². The van der Waals surface area contributed by atoms with Crippen molar-refractivity contribution in [1.82, 2.24) is 10.6 Å². The fourth-order valence-electron chi connectivity index (χ4n) is 2.91. The summed E-state index contributed by atoms with van der Waals surface area (Å²) in [5, 5.41) is 6.81. The normalized spacial score (nSPS) is 22.7. The van der Waals surface area contributed by atoms with Crippen LogP contribution < -0.4 is 10.6 Å². The first kappa shape index (κ1) is 23.9. The summed E-state index contributed by atoms with van der Waals surface area (Å²) in [4.78, 5) is 4.66. The highest BCUT2D eigenvalue weighted by Crippen LogP contribution is 2.33. The highest BCUT2D eigenvalue weighted by molar-refractivity contribution is 14.0. The average molecular weight is 455 g/mol. The Morgan fingerprint density at radius 1 is 1.21 bits per heavy atom. The van der Waals surface area contributed by atoms with Crippen LogP contribution in [0.3, 0.4) is 0 Å². The third kappa shape index (κ3) is 8.34. The van der Waals surface area contributed by atoms with Crippen molar-refractivity contribution < 1.29 is 9.47 Å². The molecular weight excluding hydrogens is 417 g/mol. The van der Waals surface area contributed by atoms with Gasteiger partial charge in [0.1, 0.15) is 0 Å². The van der Waals surface area contributed by atoms with E-state index in [9.17, 15) is 0 Å². The first-order valence-electron chi connectivity index (χ1n) is 8.88. The molecule has 2 atom stereocenters. The molecule has 5 nitrogen and oxygen atoms in total.